The molecule has 0 saturated heterocycles. The molecule has 1 aliphatic rings. The molecule has 1 unspecified atom stereocenters. The molecule has 2 aromatic carbocycles. The zero-order chi connectivity index (χ0) is 19.2. The van der Waals surface area contributed by atoms with E-state index in [9.17, 15) is 4.79 Å². The summed E-state index contributed by atoms with van der Waals surface area (Å²) in [7, 11) is 0. The summed E-state index contributed by atoms with van der Waals surface area (Å²) in [6, 6.07) is 21.5. The van der Waals surface area contributed by atoms with Crippen LogP contribution in [0.25, 0.3) is 12.2 Å². The quantitative estimate of drug-likeness (QED) is 0.679. The number of benzene rings is 2. The van der Waals surface area contributed by atoms with Crippen LogP contribution in [0.15, 0.2) is 84.3 Å². The summed E-state index contributed by atoms with van der Waals surface area (Å²) in [4.78, 5) is 21.8. The van der Waals surface area contributed by atoms with Crippen LogP contribution in [0.5, 0.6) is 0 Å². The minimum absolute atomic E-state index is 0.213. The van der Waals surface area contributed by atoms with Gasteiger partial charge in [0.2, 0.25) is 6.10 Å². The predicted octanol–water partition coefficient (Wildman–Crippen LogP) is 4.38. The molecule has 0 aliphatic carbocycles. The second-order valence-corrected chi connectivity index (χ2v) is 6.43. The number of nitrogens with zero attached hydrogens (tertiary/aromatic N) is 2. The largest absolute Gasteiger partial charge is 0.382 e. The van der Waals surface area contributed by atoms with Crippen molar-refractivity contribution in [3.8, 4) is 0 Å². The van der Waals surface area contributed by atoms with Crippen molar-refractivity contribution in [3.05, 3.63) is 95.8 Å². The first-order valence-electron chi connectivity index (χ1n) is 9.05. The molecule has 1 aliphatic heterocycles. The maximum absolute atomic E-state index is 12.4. The van der Waals surface area contributed by atoms with Crippen molar-refractivity contribution in [2.24, 2.45) is 5.16 Å². The van der Waals surface area contributed by atoms with E-state index in [1.54, 1.807) is 12.4 Å². The molecule has 0 fully saturated rings. The van der Waals surface area contributed by atoms with Crippen molar-refractivity contribution in [1.82, 2.24) is 4.98 Å². The average molecular weight is 369 g/mol. The summed E-state index contributed by atoms with van der Waals surface area (Å²) < 4.78 is 0. The molecule has 2 heterocycles. The van der Waals surface area contributed by atoms with Gasteiger partial charge in [0, 0.05) is 30.1 Å². The van der Waals surface area contributed by atoms with E-state index in [1.807, 2.05) is 60.7 Å². The van der Waals surface area contributed by atoms with Crippen molar-refractivity contribution in [2.75, 3.05) is 5.32 Å². The van der Waals surface area contributed by atoms with E-state index in [0.29, 0.717) is 6.42 Å². The second kappa shape index (κ2) is 8.31. The third-order valence-corrected chi connectivity index (χ3v) is 4.40. The Kier molecular flexibility index (Phi) is 5.24. The number of rotatable bonds is 5. The summed E-state index contributed by atoms with van der Waals surface area (Å²) >= 11 is 0. The van der Waals surface area contributed by atoms with Crippen molar-refractivity contribution >= 4 is 29.5 Å². The van der Waals surface area contributed by atoms with E-state index in [1.165, 1.54) is 0 Å². The smallest absolute Gasteiger partial charge is 0.268 e. The molecule has 5 heteroatoms. The summed E-state index contributed by atoms with van der Waals surface area (Å²) in [6.07, 6.45) is 7.29. The minimum Gasteiger partial charge on any atom is -0.382 e. The van der Waals surface area contributed by atoms with Gasteiger partial charge in [-0.25, -0.2) is 0 Å². The van der Waals surface area contributed by atoms with Crippen LogP contribution >= 0.6 is 0 Å². The van der Waals surface area contributed by atoms with Crippen molar-refractivity contribution < 1.29 is 9.63 Å². The van der Waals surface area contributed by atoms with Crippen LogP contribution in [-0.4, -0.2) is 22.7 Å². The first-order chi connectivity index (χ1) is 13.8. The normalized spacial score (nSPS) is 15.9. The number of oxime groups is 1. The number of aromatic nitrogens is 1. The molecule has 0 spiro atoms. The fourth-order valence-corrected chi connectivity index (χ4v) is 2.88. The molecule has 28 heavy (non-hydrogen) atoms. The standard InChI is InChI=1S/C23H19N3O2/c27-23(22-15-21(26-28-22)19-7-4-14-24-16-19)25-20-12-10-18(11-13-20)9-8-17-5-2-1-3-6-17/h1-14,16,22H,15H2,(H,25,27). The molecule has 0 bridgehead atoms. The number of carbonyl (C=O) groups is 1. The highest BCUT2D eigenvalue weighted by Gasteiger charge is 2.28. The molecular weight excluding hydrogens is 350 g/mol. The lowest BCUT2D eigenvalue weighted by atomic mass is 10.1. The predicted molar refractivity (Wildman–Crippen MR) is 111 cm³/mol. The van der Waals surface area contributed by atoms with Gasteiger partial charge >= 0.3 is 0 Å². The van der Waals surface area contributed by atoms with Gasteiger partial charge < -0.3 is 10.2 Å². The monoisotopic (exact) mass is 369 g/mol. The van der Waals surface area contributed by atoms with Gasteiger partial charge in [-0.15, -0.1) is 0 Å². The number of anilines is 1. The molecule has 0 radical (unpaired) electrons. The SMILES string of the molecule is O=C(Nc1ccc(C=Cc2ccccc2)cc1)C1CC(c2cccnc2)=NO1. The van der Waals surface area contributed by atoms with Gasteiger partial charge in [0.15, 0.2) is 0 Å². The van der Waals surface area contributed by atoms with Crippen LogP contribution in [0.2, 0.25) is 0 Å². The minimum atomic E-state index is -0.632. The van der Waals surface area contributed by atoms with E-state index in [-0.39, 0.29) is 5.91 Å². The third-order valence-electron chi connectivity index (χ3n) is 4.40. The molecular formula is C23H19N3O2. The van der Waals surface area contributed by atoms with Crippen LogP contribution in [0.1, 0.15) is 23.1 Å². The zero-order valence-electron chi connectivity index (χ0n) is 15.2. The Morgan fingerprint density at radius 1 is 0.964 bits per heavy atom. The number of hydrogen-bond acceptors (Lipinski definition) is 4. The van der Waals surface area contributed by atoms with Gasteiger partial charge in [-0.3, -0.25) is 9.78 Å². The number of pyridine rings is 1. The Balaban J connectivity index is 1.33. The number of nitrogens with one attached hydrogen (secondary N) is 1. The van der Waals surface area contributed by atoms with Gasteiger partial charge in [0.1, 0.15) is 0 Å². The van der Waals surface area contributed by atoms with E-state index >= 15 is 0 Å². The lowest BCUT2D eigenvalue weighted by Gasteiger charge is -2.09. The highest BCUT2D eigenvalue weighted by atomic mass is 16.6. The Morgan fingerprint density at radius 3 is 2.43 bits per heavy atom. The molecule has 1 N–H and O–H groups in total. The summed E-state index contributed by atoms with van der Waals surface area (Å²) in [5.74, 6) is -0.213. The first-order valence-corrected chi connectivity index (χ1v) is 9.05. The lowest BCUT2D eigenvalue weighted by molar-refractivity contribution is -0.125. The number of amides is 1. The highest BCUT2D eigenvalue weighted by molar-refractivity contribution is 6.05. The van der Waals surface area contributed by atoms with Crippen LogP contribution < -0.4 is 5.32 Å². The van der Waals surface area contributed by atoms with Gasteiger partial charge in [-0.1, -0.05) is 59.8 Å². The molecule has 4 rings (SSSR count). The third kappa shape index (κ3) is 4.32. The van der Waals surface area contributed by atoms with Gasteiger partial charge in [0.05, 0.1) is 5.71 Å². The van der Waals surface area contributed by atoms with E-state index in [2.05, 4.69) is 33.7 Å². The number of carbonyl (C=O) groups excluding carboxylic acids is 1. The van der Waals surface area contributed by atoms with Gasteiger partial charge in [0.25, 0.3) is 5.91 Å². The molecule has 3 aromatic rings. The Morgan fingerprint density at radius 2 is 1.71 bits per heavy atom. The first kappa shape index (κ1) is 17.7. The number of hydrogen-bond donors (Lipinski definition) is 1. The Labute approximate surface area is 163 Å². The molecule has 0 saturated carbocycles. The fourth-order valence-electron chi connectivity index (χ4n) is 2.88. The van der Waals surface area contributed by atoms with Crippen LogP contribution in [0.4, 0.5) is 5.69 Å². The van der Waals surface area contributed by atoms with E-state index < -0.39 is 6.10 Å². The maximum atomic E-state index is 12.4. The molecule has 1 atom stereocenters. The van der Waals surface area contributed by atoms with Crippen LogP contribution in [0, 0.1) is 0 Å². The second-order valence-electron chi connectivity index (χ2n) is 6.43. The summed E-state index contributed by atoms with van der Waals surface area (Å²) in [5.41, 5.74) is 4.52. The maximum Gasteiger partial charge on any atom is 0.268 e. The van der Waals surface area contributed by atoms with E-state index in [4.69, 9.17) is 4.84 Å². The topological polar surface area (TPSA) is 63.6 Å². The van der Waals surface area contributed by atoms with Gasteiger partial charge in [-0.05, 0) is 35.4 Å². The van der Waals surface area contributed by atoms with Crippen LogP contribution in [0.3, 0.4) is 0 Å². The molecule has 1 amide bonds. The van der Waals surface area contributed by atoms with Crippen LogP contribution in [-0.2, 0) is 9.63 Å². The highest BCUT2D eigenvalue weighted by Crippen LogP contribution is 2.19. The van der Waals surface area contributed by atoms with Crippen molar-refractivity contribution in [2.45, 2.75) is 12.5 Å². The van der Waals surface area contributed by atoms with Crippen molar-refractivity contribution in [3.63, 3.8) is 0 Å². The average Bonchev–Trinajstić information content (AvgIpc) is 3.25. The van der Waals surface area contributed by atoms with Gasteiger partial charge in [-0.2, -0.15) is 0 Å². The summed E-state index contributed by atoms with van der Waals surface area (Å²) in [6.45, 7) is 0. The van der Waals surface area contributed by atoms with Crippen molar-refractivity contribution in [1.29, 1.82) is 0 Å². The Hall–Kier alpha value is -3.73. The summed E-state index contributed by atoms with van der Waals surface area (Å²) in [5, 5.41) is 6.90. The lowest BCUT2D eigenvalue weighted by Crippen LogP contribution is -2.28. The van der Waals surface area contributed by atoms with E-state index in [0.717, 1.165) is 28.1 Å². The zero-order valence-corrected chi connectivity index (χ0v) is 15.2. The molecule has 138 valence electrons. The fraction of sp³-hybridized carbons (Fsp3) is 0.0870. The molecule has 1 aromatic heterocycles. The Bertz CT molecular complexity index is 997. The molecule has 5 nitrogen and oxygen atoms in total.